The Bertz CT molecular complexity index is 1390. The fraction of sp³-hybridized carbons (Fsp3) is 0.857. The van der Waals surface area contributed by atoms with E-state index in [2.05, 4.69) is 6.92 Å². The van der Waals surface area contributed by atoms with E-state index < -0.39 is 60.8 Å². The molecule has 61 heavy (non-hydrogen) atoms. The normalized spacial score (nSPS) is 42.9. The number of allylic oxidation sites excluding steroid dienone is 6. The van der Waals surface area contributed by atoms with Crippen molar-refractivity contribution in [3.63, 3.8) is 0 Å². The van der Waals surface area contributed by atoms with Crippen molar-refractivity contribution in [1.82, 2.24) is 4.90 Å². The molecule has 1 aliphatic carbocycles. The molecule has 0 aromatic heterocycles. The van der Waals surface area contributed by atoms with Gasteiger partial charge in [0, 0.05) is 39.0 Å². The molecule has 1 unspecified atom stereocenters. The second-order valence-electron chi connectivity index (χ2n) is 19.7. The largest absolute Gasteiger partial charge is 0.393 e. The molecule has 2 bridgehead atoms. The SMILES string of the molecule is CO[C@H]1CCC[C@@H](C[C@@H](C)[C@@H]2C[C@@H](O)[C@H](C)C[C@@H](C)[C@@H](O)[C@@H](OC)C(=O)[C@H](C)CC/C=C/C=CC=C(C)CC[C@@H]3CC[C@@H](C)C(O)(O3)[C@@H](O)[C@H](O)N3CCCC[C@@H]3[C@@H](O)O2)C1. The Hall–Kier alpha value is -1.55. The van der Waals surface area contributed by atoms with Gasteiger partial charge >= 0.3 is 0 Å². The molecular formula is C49H85NO11. The number of fused-ring (bicyclic) bond motifs is 3. The first-order valence-electron chi connectivity index (χ1n) is 23.8. The fourth-order valence-corrected chi connectivity index (χ4v) is 10.5. The van der Waals surface area contributed by atoms with Crippen molar-refractivity contribution in [1.29, 1.82) is 0 Å². The van der Waals surface area contributed by atoms with Gasteiger partial charge in [0.2, 0.25) is 0 Å². The van der Waals surface area contributed by atoms with Crippen LogP contribution in [0.1, 0.15) is 144 Å². The number of methoxy groups -OCH3 is 2. The van der Waals surface area contributed by atoms with Gasteiger partial charge in [-0.05, 0) is 108 Å². The van der Waals surface area contributed by atoms with Gasteiger partial charge in [0.25, 0.3) is 0 Å². The van der Waals surface area contributed by atoms with Crippen molar-refractivity contribution in [3.05, 3.63) is 36.0 Å². The summed E-state index contributed by atoms with van der Waals surface area (Å²) in [5.41, 5.74) is 1.13. The number of hydrogen-bond donors (Lipinski definition) is 6. The molecule has 17 atom stereocenters. The number of ether oxygens (including phenoxy) is 4. The van der Waals surface area contributed by atoms with E-state index in [1.807, 2.05) is 65.0 Å². The summed E-state index contributed by atoms with van der Waals surface area (Å²) >= 11 is 0. The maximum Gasteiger partial charge on any atom is 0.198 e. The highest BCUT2D eigenvalue weighted by molar-refractivity contribution is 5.85. The first-order chi connectivity index (χ1) is 29.0. The lowest BCUT2D eigenvalue weighted by molar-refractivity contribution is -0.346. The van der Waals surface area contributed by atoms with Crippen LogP contribution in [0.5, 0.6) is 0 Å². The molecule has 0 spiro atoms. The Morgan fingerprint density at radius 3 is 2.33 bits per heavy atom. The average Bonchev–Trinajstić information content (AvgIpc) is 3.25. The standard InChI is InChI=1S/C49H85NO11/c1-31-17-12-10-9-11-13-18-32(2)43(52)45(59-8)44(53)35(5)27-33(3)41(51)30-42(34(4)28-37-19-16-20-39(29-37)58-7)60-48(56)40-21-14-15-26-50(40)47(55)46(54)49(57)36(6)23-25-38(61-49)24-22-31/h9-12,17,32-42,44-48,51,53-57H,13-16,18-30H2,1-8H3/b11-9+,12-10?,31-17?/t32-,33-,34-,35-,36-,37+,38-,39+,40-,41-,42+,44-,45+,46+,47+,48+,49?/m1/s1. The number of nitrogens with zero attached hydrogens (tertiary/aromatic N) is 1. The molecule has 0 amide bonds. The highest BCUT2D eigenvalue weighted by atomic mass is 16.6. The Balaban J connectivity index is 1.62. The second kappa shape index (κ2) is 25.2. The monoisotopic (exact) mass is 864 g/mol. The number of Topliss-reactive ketones (excluding diaryl/α,β-unsaturated/α-hetero) is 1. The minimum absolute atomic E-state index is 0.0486. The lowest BCUT2D eigenvalue weighted by Gasteiger charge is -2.49. The third-order valence-electron chi connectivity index (χ3n) is 14.8. The molecule has 1 saturated carbocycles. The van der Waals surface area contributed by atoms with E-state index in [-0.39, 0.29) is 48.1 Å². The lowest BCUT2D eigenvalue weighted by atomic mass is 9.78. The Kier molecular flexibility index (Phi) is 21.5. The quantitative estimate of drug-likeness (QED) is 0.175. The maximum absolute atomic E-state index is 13.5. The highest BCUT2D eigenvalue weighted by Gasteiger charge is 2.52. The first kappa shape index (κ1) is 52.1. The highest BCUT2D eigenvalue weighted by Crippen LogP contribution is 2.40. The Morgan fingerprint density at radius 1 is 0.852 bits per heavy atom. The van der Waals surface area contributed by atoms with Crippen LogP contribution in [-0.4, -0.2) is 129 Å². The van der Waals surface area contributed by atoms with Gasteiger partial charge in [-0.1, -0.05) is 89.8 Å². The number of aliphatic hydroxyl groups is 6. The number of rotatable bonds is 5. The Morgan fingerprint density at radius 2 is 1.61 bits per heavy atom. The average molecular weight is 864 g/mol. The van der Waals surface area contributed by atoms with E-state index in [4.69, 9.17) is 18.9 Å². The lowest BCUT2D eigenvalue weighted by Crippen LogP contribution is -2.65. The molecule has 352 valence electrons. The van der Waals surface area contributed by atoms with Gasteiger partial charge < -0.3 is 49.6 Å². The molecule has 2 saturated heterocycles. The van der Waals surface area contributed by atoms with E-state index in [9.17, 15) is 35.4 Å². The summed E-state index contributed by atoms with van der Waals surface area (Å²) in [7, 11) is 3.22. The molecule has 4 aliphatic rings. The number of carbonyl (C=O) groups excluding carboxylic acids is 1. The minimum Gasteiger partial charge on any atom is -0.393 e. The van der Waals surface area contributed by atoms with Crippen molar-refractivity contribution in [2.75, 3.05) is 20.8 Å². The number of aliphatic hydroxyl groups excluding tert-OH is 5. The van der Waals surface area contributed by atoms with Crippen LogP contribution in [0.15, 0.2) is 36.0 Å². The van der Waals surface area contributed by atoms with Crippen molar-refractivity contribution < 1.29 is 54.4 Å². The van der Waals surface area contributed by atoms with Gasteiger partial charge in [0.15, 0.2) is 17.9 Å². The third kappa shape index (κ3) is 14.7. The number of piperidine rings is 1. The van der Waals surface area contributed by atoms with Gasteiger partial charge in [0.1, 0.15) is 18.4 Å². The molecule has 6 N–H and O–H groups in total. The van der Waals surface area contributed by atoms with Gasteiger partial charge in [-0.25, -0.2) is 0 Å². The first-order valence-corrected chi connectivity index (χ1v) is 23.8. The van der Waals surface area contributed by atoms with Gasteiger partial charge in [-0.3, -0.25) is 9.69 Å². The summed E-state index contributed by atoms with van der Waals surface area (Å²) in [4.78, 5) is 15.2. The summed E-state index contributed by atoms with van der Waals surface area (Å²) in [5.74, 6) is -3.18. The van der Waals surface area contributed by atoms with Crippen molar-refractivity contribution >= 4 is 5.78 Å². The number of ketones is 1. The predicted molar refractivity (Wildman–Crippen MR) is 237 cm³/mol. The summed E-state index contributed by atoms with van der Waals surface area (Å²) < 4.78 is 24.3. The van der Waals surface area contributed by atoms with Crippen LogP contribution in [0.3, 0.4) is 0 Å². The molecule has 0 radical (unpaired) electrons. The molecule has 4 rings (SSSR count). The summed E-state index contributed by atoms with van der Waals surface area (Å²) in [6.07, 6.45) is 13.5. The van der Waals surface area contributed by atoms with Crippen LogP contribution in [0, 0.1) is 35.5 Å². The number of carbonyl (C=O) groups is 1. The van der Waals surface area contributed by atoms with Crippen molar-refractivity contribution in [2.45, 2.75) is 211 Å². The Labute approximate surface area is 367 Å². The van der Waals surface area contributed by atoms with Gasteiger partial charge in [-0.15, -0.1) is 0 Å². The second-order valence-corrected chi connectivity index (χ2v) is 19.7. The van der Waals surface area contributed by atoms with Crippen molar-refractivity contribution in [3.8, 4) is 0 Å². The van der Waals surface area contributed by atoms with E-state index in [0.29, 0.717) is 51.0 Å². The number of hydrogen-bond acceptors (Lipinski definition) is 12. The third-order valence-corrected chi connectivity index (χ3v) is 14.8. The smallest absolute Gasteiger partial charge is 0.198 e. The molecule has 0 aromatic carbocycles. The van der Waals surface area contributed by atoms with E-state index in [0.717, 1.165) is 63.4 Å². The molecule has 0 aromatic rings. The zero-order valence-electron chi connectivity index (χ0n) is 38.8. The van der Waals surface area contributed by atoms with Gasteiger partial charge in [0.05, 0.1) is 36.6 Å². The zero-order chi connectivity index (χ0) is 44.9. The summed E-state index contributed by atoms with van der Waals surface area (Å²) in [5, 5.41) is 70.9. The molecule has 12 nitrogen and oxygen atoms in total. The molecule has 12 heteroatoms. The maximum atomic E-state index is 13.5. The summed E-state index contributed by atoms with van der Waals surface area (Å²) in [6, 6.07) is -0.679. The molecular weight excluding hydrogens is 779 g/mol. The molecule has 3 heterocycles. The van der Waals surface area contributed by atoms with E-state index in [1.54, 1.807) is 12.0 Å². The zero-order valence-corrected chi connectivity index (χ0v) is 38.8. The van der Waals surface area contributed by atoms with Crippen LogP contribution in [0.2, 0.25) is 0 Å². The van der Waals surface area contributed by atoms with Crippen LogP contribution < -0.4 is 0 Å². The van der Waals surface area contributed by atoms with E-state index >= 15 is 0 Å². The molecule has 3 aliphatic heterocycles. The van der Waals surface area contributed by atoms with Crippen LogP contribution in [0.4, 0.5) is 0 Å². The van der Waals surface area contributed by atoms with Crippen molar-refractivity contribution in [2.24, 2.45) is 35.5 Å². The molecule has 3 fully saturated rings. The van der Waals surface area contributed by atoms with Crippen LogP contribution >= 0.6 is 0 Å². The fourth-order valence-electron chi connectivity index (χ4n) is 10.5. The summed E-state index contributed by atoms with van der Waals surface area (Å²) in [6.45, 7) is 12.1. The minimum atomic E-state index is -1.99. The van der Waals surface area contributed by atoms with Crippen LogP contribution in [-0.2, 0) is 23.7 Å². The van der Waals surface area contributed by atoms with Crippen LogP contribution in [0.25, 0.3) is 0 Å². The van der Waals surface area contributed by atoms with Gasteiger partial charge in [-0.2, -0.15) is 0 Å². The predicted octanol–water partition coefficient (Wildman–Crippen LogP) is 6.59. The van der Waals surface area contributed by atoms with E-state index in [1.165, 1.54) is 7.11 Å². The topological polar surface area (TPSA) is 179 Å².